The van der Waals surface area contributed by atoms with E-state index < -0.39 is 11.3 Å². The topological polar surface area (TPSA) is 38.3 Å². The summed E-state index contributed by atoms with van der Waals surface area (Å²) in [4.78, 5) is 11.9. The Labute approximate surface area is 133 Å². The summed E-state index contributed by atoms with van der Waals surface area (Å²) in [5, 5.41) is 3.06. The molecule has 0 spiro atoms. The van der Waals surface area contributed by atoms with Crippen LogP contribution in [0.25, 0.3) is 0 Å². The van der Waals surface area contributed by atoms with Crippen LogP contribution in [0.1, 0.15) is 62.9 Å². The molecule has 0 aromatic heterocycles. The van der Waals surface area contributed by atoms with Crippen molar-refractivity contribution in [2.75, 3.05) is 13.6 Å². The molecule has 0 fully saturated rings. The minimum atomic E-state index is -1.37. The van der Waals surface area contributed by atoms with Crippen LogP contribution in [0.3, 0.4) is 0 Å². The van der Waals surface area contributed by atoms with Gasteiger partial charge in [-0.2, -0.15) is 0 Å². The number of esters is 1. The maximum atomic E-state index is 14.7. The van der Waals surface area contributed by atoms with Crippen LogP contribution >= 0.6 is 0 Å². The van der Waals surface area contributed by atoms with Gasteiger partial charge in [0.1, 0.15) is 11.3 Å². The van der Waals surface area contributed by atoms with Crippen molar-refractivity contribution in [3.63, 3.8) is 0 Å². The van der Waals surface area contributed by atoms with Crippen LogP contribution in [0.4, 0.5) is 4.39 Å². The number of ether oxygens (including phenoxy) is 1. The SMILES string of the molecule is CNCCCCC(C)(F)c1ccc(C(=O)OC(C)(C)C)cc1. The summed E-state index contributed by atoms with van der Waals surface area (Å²) in [6.07, 6.45) is 2.24. The molecule has 0 amide bonds. The van der Waals surface area contributed by atoms with Crippen LogP contribution in [0, 0.1) is 0 Å². The van der Waals surface area contributed by atoms with Crippen molar-refractivity contribution in [3.8, 4) is 0 Å². The molecule has 1 rings (SSSR count). The summed E-state index contributed by atoms with van der Waals surface area (Å²) in [7, 11) is 1.89. The molecule has 0 heterocycles. The quantitative estimate of drug-likeness (QED) is 0.605. The van der Waals surface area contributed by atoms with Gasteiger partial charge in [0, 0.05) is 0 Å². The van der Waals surface area contributed by atoms with E-state index in [4.69, 9.17) is 4.74 Å². The van der Waals surface area contributed by atoms with E-state index in [1.54, 1.807) is 31.2 Å². The molecule has 1 aromatic carbocycles. The first-order valence-corrected chi connectivity index (χ1v) is 7.83. The molecule has 0 radical (unpaired) electrons. The van der Waals surface area contributed by atoms with Gasteiger partial charge in [0.05, 0.1) is 5.56 Å². The molecule has 0 saturated heterocycles. The Hall–Kier alpha value is -1.42. The first-order valence-electron chi connectivity index (χ1n) is 7.83. The molecular formula is C18H28FNO2. The largest absolute Gasteiger partial charge is 0.456 e. The smallest absolute Gasteiger partial charge is 0.338 e. The molecule has 22 heavy (non-hydrogen) atoms. The Kier molecular flexibility index (Phi) is 6.54. The number of nitrogens with one attached hydrogen (secondary N) is 1. The number of hydrogen-bond donors (Lipinski definition) is 1. The van der Waals surface area contributed by atoms with E-state index in [9.17, 15) is 9.18 Å². The van der Waals surface area contributed by atoms with Gasteiger partial charge in [0.15, 0.2) is 0 Å². The number of carbonyl (C=O) groups is 1. The van der Waals surface area contributed by atoms with Gasteiger partial charge >= 0.3 is 5.97 Å². The highest BCUT2D eigenvalue weighted by Crippen LogP contribution is 2.31. The van der Waals surface area contributed by atoms with Gasteiger partial charge in [-0.15, -0.1) is 0 Å². The van der Waals surface area contributed by atoms with Gasteiger partial charge in [-0.3, -0.25) is 0 Å². The lowest BCUT2D eigenvalue weighted by Crippen LogP contribution is -2.24. The Morgan fingerprint density at radius 3 is 2.23 bits per heavy atom. The van der Waals surface area contributed by atoms with Crippen molar-refractivity contribution in [3.05, 3.63) is 35.4 Å². The van der Waals surface area contributed by atoms with E-state index in [1.165, 1.54) is 0 Å². The third-order valence-corrected chi connectivity index (χ3v) is 3.44. The van der Waals surface area contributed by atoms with Crippen LogP contribution in [-0.4, -0.2) is 25.2 Å². The van der Waals surface area contributed by atoms with Crippen molar-refractivity contribution >= 4 is 5.97 Å². The maximum absolute atomic E-state index is 14.7. The zero-order chi connectivity index (χ0) is 16.8. The summed E-state index contributed by atoms with van der Waals surface area (Å²) in [6.45, 7) is 7.96. The van der Waals surface area contributed by atoms with E-state index in [0.29, 0.717) is 17.5 Å². The minimum absolute atomic E-state index is 0.381. The van der Waals surface area contributed by atoms with Crippen LogP contribution in [0.5, 0.6) is 0 Å². The van der Waals surface area contributed by atoms with Crippen LogP contribution < -0.4 is 5.32 Å². The molecule has 1 atom stereocenters. The van der Waals surface area contributed by atoms with Crippen molar-refractivity contribution in [2.24, 2.45) is 0 Å². The van der Waals surface area contributed by atoms with E-state index in [0.717, 1.165) is 19.4 Å². The highest BCUT2D eigenvalue weighted by molar-refractivity contribution is 5.89. The minimum Gasteiger partial charge on any atom is -0.456 e. The lowest BCUT2D eigenvalue weighted by molar-refractivity contribution is 0.00693. The van der Waals surface area contributed by atoms with E-state index >= 15 is 0 Å². The van der Waals surface area contributed by atoms with Gasteiger partial charge < -0.3 is 10.1 Å². The van der Waals surface area contributed by atoms with Crippen LogP contribution in [-0.2, 0) is 10.4 Å². The summed E-state index contributed by atoms with van der Waals surface area (Å²) < 4.78 is 20.0. The number of halogens is 1. The third-order valence-electron chi connectivity index (χ3n) is 3.44. The first kappa shape index (κ1) is 18.6. The normalized spacial score (nSPS) is 14.5. The fourth-order valence-corrected chi connectivity index (χ4v) is 2.19. The first-order chi connectivity index (χ1) is 10.2. The zero-order valence-corrected chi connectivity index (χ0v) is 14.3. The molecular weight excluding hydrogens is 281 g/mol. The standard InChI is InChI=1S/C18H28FNO2/c1-17(2,3)22-16(21)14-8-10-15(11-9-14)18(4,19)12-6-7-13-20-5/h8-11,20H,6-7,12-13H2,1-5H3. The lowest BCUT2D eigenvalue weighted by Gasteiger charge is -2.22. The van der Waals surface area contributed by atoms with Crippen molar-refractivity contribution in [2.45, 2.75) is 58.2 Å². The molecule has 1 aromatic rings. The fraction of sp³-hybridized carbons (Fsp3) is 0.611. The van der Waals surface area contributed by atoms with Crippen molar-refractivity contribution in [1.29, 1.82) is 0 Å². The number of hydrogen-bond acceptors (Lipinski definition) is 3. The molecule has 4 heteroatoms. The zero-order valence-electron chi connectivity index (χ0n) is 14.3. The molecule has 124 valence electrons. The summed E-state index contributed by atoms with van der Waals surface area (Å²) in [5.41, 5.74) is -0.855. The van der Waals surface area contributed by atoms with Crippen LogP contribution in [0.2, 0.25) is 0 Å². The predicted octanol–water partition coefficient (Wildman–Crippen LogP) is 4.22. The second-order valence-electron chi connectivity index (χ2n) is 6.84. The van der Waals surface area contributed by atoms with Gasteiger partial charge in [-0.1, -0.05) is 12.1 Å². The Morgan fingerprint density at radius 2 is 1.73 bits per heavy atom. The monoisotopic (exact) mass is 309 g/mol. The van der Waals surface area contributed by atoms with E-state index in [1.807, 2.05) is 27.8 Å². The second kappa shape index (κ2) is 7.73. The number of rotatable bonds is 7. The Morgan fingerprint density at radius 1 is 1.14 bits per heavy atom. The third kappa shape index (κ3) is 6.14. The summed E-state index contributed by atoms with van der Waals surface area (Å²) in [6, 6.07) is 6.62. The number of benzene rings is 1. The average molecular weight is 309 g/mol. The molecule has 1 unspecified atom stereocenters. The number of carbonyl (C=O) groups excluding carboxylic acids is 1. The van der Waals surface area contributed by atoms with Crippen LogP contribution in [0.15, 0.2) is 24.3 Å². The number of unbranched alkanes of at least 4 members (excludes halogenated alkanes) is 1. The summed E-state index contributed by atoms with van der Waals surface area (Å²) >= 11 is 0. The molecule has 3 nitrogen and oxygen atoms in total. The van der Waals surface area contributed by atoms with E-state index in [2.05, 4.69) is 5.32 Å². The van der Waals surface area contributed by atoms with Crippen molar-refractivity contribution < 1.29 is 13.9 Å². The molecule has 0 bridgehead atoms. The Balaban J connectivity index is 2.68. The average Bonchev–Trinajstić information content (AvgIpc) is 2.42. The highest BCUT2D eigenvalue weighted by atomic mass is 19.1. The Bertz CT molecular complexity index is 475. The molecule has 0 saturated carbocycles. The van der Waals surface area contributed by atoms with Gasteiger partial charge in [0.2, 0.25) is 0 Å². The van der Waals surface area contributed by atoms with Gasteiger partial charge in [-0.05, 0) is 78.2 Å². The van der Waals surface area contributed by atoms with Crippen molar-refractivity contribution in [1.82, 2.24) is 5.32 Å². The van der Waals surface area contributed by atoms with Gasteiger partial charge in [-0.25, -0.2) is 9.18 Å². The number of alkyl halides is 1. The predicted molar refractivity (Wildman–Crippen MR) is 87.8 cm³/mol. The van der Waals surface area contributed by atoms with Gasteiger partial charge in [0.25, 0.3) is 0 Å². The van der Waals surface area contributed by atoms with E-state index in [-0.39, 0.29) is 5.97 Å². The molecule has 0 aliphatic heterocycles. The fourth-order valence-electron chi connectivity index (χ4n) is 2.19. The lowest BCUT2D eigenvalue weighted by atomic mass is 9.91. The summed E-state index contributed by atoms with van der Waals surface area (Å²) in [5.74, 6) is -0.381. The molecule has 0 aliphatic carbocycles. The molecule has 1 N–H and O–H groups in total. The highest BCUT2D eigenvalue weighted by Gasteiger charge is 2.25. The second-order valence-corrected chi connectivity index (χ2v) is 6.84. The molecule has 0 aliphatic rings. The maximum Gasteiger partial charge on any atom is 0.338 e.